The molecule has 0 aliphatic carbocycles. The Bertz CT molecular complexity index is 874. The van der Waals surface area contributed by atoms with Gasteiger partial charge in [-0.15, -0.1) is 0 Å². The van der Waals surface area contributed by atoms with Gasteiger partial charge in [-0.1, -0.05) is 36.4 Å². The van der Waals surface area contributed by atoms with E-state index < -0.39 is 6.61 Å². The van der Waals surface area contributed by atoms with E-state index in [0.717, 1.165) is 25.2 Å². The van der Waals surface area contributed by atoms with Gasteiger partial charge in [-0.25, -0.2) is 0 Å². The first-order valence-electron chi connectivity index (χ1n) is 10.7. The van der Waals surface area contributed by atoms with Gasteiger partial charge in [0, 0.05) is 39.3 Å². The van der Waals surface area contributed by atoms with Crippen LogP contribution in [0.5, 0.6) is 11.5 Å². The van der Waals surface area contributed by atoms with Crippen molar-refractivity contribution in [3.05, 3.63) is 59.7 Å². The van der Waals surface area contributed by atoms with Crippen LogP contribution in [0.3, 0.4) is 0 Å². The van der Waals surface area contributed by atoms with Crippen LogP contribution < -0.4 is 9.47 Å². The SMILES string of the molecule is COc1cc(CN(C)C(C)C(=O)N2CCN(Cc3ccccc3)CC2)ccc1OC(F)F. The Hall–Kier alpha value is -2.71. The summed E-state index contributed by atoms with van der Waals surface area (Å²) in [6, 6.07) is 14.9. The van der Waals surface area contributed by atoms with Gasteiger partial charge in [-0.2, -0.15) is 8.78 Å². The summed E-state index contributed by atoms with van der Waals surface area (Å²) in [5, 5.41) is 0. The molecule has 1 fully saturated rings. The summed E-state index contributed by atoms with van der Waals surface area (Å²) in [5.41, 5.74) is 2.12. The van der Waals surface area contributed by atoms with Crippen LogP contribution in [0.25, 0.3) is 0 Å². The number of nitrogens with zero attached hydrogens (tertiary/aromatic N) is 3. The van der Waals surface area contributed by atoms with Gasteiger partial charge in [0.2, 0.25) is 5.91 Å². The van der Waals surface area contributed by atoms with E-state index in [1.807, 2.05) is 42.0 Å². The highest BCUT2D eigenvalue weighted by atomic mass is 19.3. The average molecular weight is 448 g/mol. The number of rotatable bonds is 9. The molecule has 0 N–H and O–H groups in total. The minimum absolute atomic E-state index is 0.00796. The lowest BCUT2D eigenvalue weighted by Gasteiger charge is -2.37. The zero-order valence-electron chi connectivity index (χ0n) is 18.8. The molecular weight excluding hydrogens is 416 g/mol. The topological polar surface area (TPSA) is 45.2 Å². The fraction of sp³-hybridized carbons (Fsp3) is 0.458. The van der Waals surface area contributed by atoms with E-state index in [1.54, 1.807) is 12.1 Å². The van der Waals surface area contributed by atoms with Crippen molar-refractivity contribution in [2.24, 2.45) is 0 Å². The summed E-state index contributed by atoms with van der Waals surface area (Å²) in [6.45, 7) is 3.46. The molecule has 1 aliphatic rings. The Morgan fingerprint density at radius 2 is 1.72 bits per heavy atom. The molecule has 1 atom stereocenters. The van der Waals surface area contributed by atoms with E-state index in [1.165, 1.54) is 18.7 Å². The molecule has 2 aromatic carbocycles. The predicted octanol–water partition coefficient (Wildman–Crippen LogP) is 3.46. The molecule has 1 saturated heterocycles. The van der Waals surface area contributed by atoms with Gasteiger partial charge in [0.15, 0.2) is 11.5 Å². The number of likely N-dealkylation sites (N-methyl/N-ethyl adjacent to an activating group) is 1. The van der Waals surface area contributed by atoms with E-state index in [0.29, 0.717) is 19.6 Å². The molecule has 3 rings (SSSR count). The molecule has 0 aromatic heterocycles. The molecule has 0 saturated carbocycles. The normalized spacial score (nSPS) is 15.8. The van der Waals surface area contributed by atoms with Crippen molar-refractivity contribution in [2.75, 3.05) is 40.3 Å². The summed E-state index contributed by atoms with van der Waals surface area (Å²) in [6.07, 6.45) is 0. The van der Waals surface area contributed by atoms with Crippen LogP contribution in [0.1, 0.15) is 18.1 Å². The number of piperazine rings is 1. The molecule has 6 nitrogen and oxygen atoms in total. The Kier molecular flexibility index (Phi) is 8.41. The Morgan fingerprint density at radius 3 is 2.34 bits per heavy atom. The van der Waals surface area contributed by atoms with Crippen molar-refractivity contribution in [2.45, 2.75) is 32.7 Å². The fourth-order valence-corrected chi connectivity index (χ4v) is 3.85. The van der Waals surface area contributed by atoms with E-state index in [2.05, 4.69) is 21.8 Å². The first-order valence-corrected chi connectivity index (χ1v) is 10.7. The van der Waals surface area contributed by atoms with Gasteiger partial charge in [0.1, 0.15) is 0 Å². The molecule has 1 aliphatic heterocycles. The van der Waals surface area contributed by atoms with Crippen LogP contribution in [0, 0.1) is 0 Å². The standard InChI is InChI=1S/C24H31F2N3O3/c1-18(27(2)16-20-9-10-21(32-24(25)26)22(15-20)31-3)23(30)29-13-11-28(12-14-29)17-19-7-5-4-6-8-19/h4-10,15,18,24H,11-14,16-17H2,1-3H3. The van der Waals surface area contributed by atoms with Crippen molar-refractivity contribution in [3.8, 4) is 11.5 Å². The molecule has 1 unspecified atom stereocenters. The average Bonchev–Trinajstić information content (AvgIpc) is 2.80. The van der Waals surface area contributed by atoms with Crippen LogP contribution in [0.4, 0.5) is 8.78 Å². The molecular formula is C24H31F2N3O3. The first kappa shape index (κ1) is 23.9. The Morgan fingerprint density at radius 1 is 1.03 bits per heavy atom. The summed E-state index contributed by atoms with van der Waals surface area (Å²) in [4.78, 5) is 19.3. The lowest BCUT2D eigenvalue weighted by molar-refractivity contribution is -0.138. The molecule has 0 spiro atoms. The summed E-state index contributed by atoms with van der Waals surface area (Å²) >= 11 is 0. The van der Waals surface area contributed by atoms with Crippen LogP contribution >= 0.6 is 0 Å². The predicted molar refractivity (Wildman–Crippen MR) is 119 cm³/mol. The van der Waals surface area contributed by atoms with Crippen molar-refractivity contribution < 1.29 is 23.0 Å². The highest BCUT2D eigenvalue weighted by molar-refractivity contribution is 5.81. The number of benzene rings is 2. The number of carbonyl (C=O) groups excluding carboxylic acids is 1. The molecule has 32 heavy (non-hydrogen) atoms. The highest BCUT2D eigenvalue weighted by Crippen LogP contribution is 2.30. The van der Waals surface area contributed by atoms with Crippen molar-refractivity contribution in [1.29, 1.82) is 0 Å². The zero-order valence-corrected chi connectivity index (χ0v) is 18.8. The minimum atomic E-state index is -2.91. The Balaban J connectivity index is 1.52. The van der Waals surface area contributed by atoms with Crippen LogP contribution in [0.15, 0.2) is 48.5 Å². The number of hydrogen-bond acceptors (Lipinski definition) is 5. The third kappa shape index (κ3) is 6.40. The highest BCUT2D eigenvalue weighted by Gasteiger charge is 2.27. The van der Waals surface area contributed by atoms with Crippen molar-refractivity contribution >= 4 is 5.91 Å². The van der Waals surface area contributed by atoms with E-state index in [-0.39, 0.29) is 23.4 Å². The smallest absolute Gasteiger partial charge is 0.387 e. The van der Waals surface area contributed by atoms with Crippen molar-refractivity contribution in [3.63, 3.8) is 0 Å². The van der Waals surface area contributed by atoms with Gasteiger partial charge in [-0.05, 0) is 37.2 Å². The minimum Gasteiger partial charge on any atom is -0.493 e. The summed E-state index contributed by atoms with van der Waals surface area (Å²) in [5.74, 6) is 0.326. The van der Waals surface area contributed by atoms with Crippen LogP contribution in [-0.2, 0) is 17.9 Å². The van der Waals surface area contributed by atoms with Gasteiger partial charge < -0.3 is 14.4 Å². The van der Waals surface area contributed by atoms with Gasteiger partial charge >= 0.3 is 6.61 Å². The number of halogens is 2. The largest absolute Gasteiger partial charge is 0.493 e. The molecule has 0 radical (unpaired) electrons. The molecule has 1 amide bonds. The number of carbonyl (C=O) groups is 1. The maximum Gasteiger partial charge on any atom is 0.387 e. The van der Waals surface area contributed by atoms with E-state index in [9.17, 15) is 13.6 Å². The second kappa shape index (κ2) is 11.2. The van der Waals surface area contributed by atoms with Gasteiger partial charge in [-0.3, -0.25) is 14.6 Å². The summed E-state index contributed by atoms with van der Waals surface area (Å²) in [7, 11) is 3.29. The second-order valence-electron chi connectivity index (χ2n) is 8.04. The number of alkyl halides is 2. The van der Waals surface area contributed by atoms with E-state index in [4.69, 9.17) is 4.74 Å². The Labute approximate surface area is 188 Å². The molecule has 0 bridgehead atoms. The zero-order chi connectivity index (χ0) is 23.1. The van der Waals surface area contributed by atoms with Gasteiger partial charge in [0.25, 0.3) is 0 Å². The lowest BCUT2D eigenvalue weighted by Crippen LogP contribution is -2.53. The number of methoxy groups -OCH3 is 1. The second-order valence-corrected chi connectivity index (χ2v) is 8.04. The first-order chi connectivity index (χ1) is 15.4. The number of ether oxygens (including phenoxy) is 2. The van der Waals surface area contributed by atoms with Crippen LogP contribution in [-0.4, -0.2) is 73.6 Å². The third-order valence-corrected chi connectivity index (χ3v) is 5.83. The molecule has 174 valence electrons. The van der Waals surface area contributed by atoms with Crippen LogP contribution in [0.2, 0.25) is 0 Å². The number of amides is 1. The molecule has 8 heteroatoms. The molecule has 2 aromatic rings. The third-order valence-electron chi connectivity index (χ3n) is 5.83. The van der Waals surface area contributed by atoms with Crippen molar-refractivity contribution in [1.82, 2.24) is 14.7 Å². The van der Waals surface area contributed by atoms with E-state index >= 15 is 0 Å². The summed E-state index contributed by atoms with van der Waals surface area (Å²) < 4.78 is 34.7. The lowest BCUT2D eigenvalue weighted by atomic mass is 10.1. The maximum atomic E-state index is 13.0. The maximum absolute atomic E-state index is 13.0. The monoisotopic (exact) mass is 447 g/mol. The molecule has 1 heterocycles. The number of hydrogen-bond donors (Lipinski definition) is 0. The van der Waals surface area contributed by atoms with Gasteiger partial charge in [0.05, 0.1) is 13.2 Å². The fourth-order valence-electron chi connectivity index (χ4n) is 3.85. The quantitative estimate of drug-likeness (QED) is 0.589.